The van der Waals surface area contributed by atoms with E-state index in [1.807, 2.05) is 0 Å². The molecule has 0 spiro atoms. The molecule has 0 aliphatic carbocycles. The Morgan fingerprint density at radius 1 is 0.967 bits per heavy atom. The van der Waals surface area contributed by atoms with E-state index in [1.165, 1.54) is 48.3 Å². The van der Waals surface area contributed by atoms with Gasteiger partial charge in [-0.05, 0) is 17.8 Å². The van der Waals surface area contributed by atoms with Crippen LogP contribution in [0.3, 0.4) is 0 Å². The Kier molecular flexibility index (Phi) is 8.39. The maximum atomic E-state index is 13.0. The van der Waals surface area contributed by atoms with Crippen LogP contribution in [0.2, 0.25) is 0 Å². The van der Waals surface area contributed by atoms with Crippen molar-refractivity contribution >= 4 is 23.6 Å². The van der Waals surface area contributed by atoms with Crippen molar-refractivity contribution in [3.63, 3.8) is 0 Å². The average Bonchev–Trinajstić information content (AvgIpc) is 3.11. The highest BCUT2D eigenvalue weighted by atomic mass is 16.5. The van der Waals surface area contributed by atoms with Gasteiger partial charge in [0, 0.05) is 27.2 Å². The third-order valence-electron chi connectivity index (χ3n) is 6.33. The fraction of sp³-hybridized carbons (Fsp3) is 0.818. The average molecular weight is 421 g/mol. The van der Waals surface area contributed by atoms with Crippen molar-refractivity contribution < 1.29 is 18.9 Å². The Labute approximate surface area is 180 Å². The predicted octanol–water partition coefficient (Wildman–Crippen LogP) is 2.17. The number of carbonyl (C=O) groups is 2. The van der Waals surface area contributed by atoms with Crippen LogP contribution in [-0.2, 0) is 9.53 Å². The van der Waals surface area contributed by atoms with Crippen LogP contribution < -0.4 is 0 Å². The zero-order chi connectivity index (χ0) is 21.5. The number of carbonyl (C=O) groups excluding carboxylic acids is 2. The van der Waals surface area contributed by atoms with E-state index in [2.05, 4.69) is 16.4 Å². The summed E-state index contributed by atoms with van der Waals surface area (Å²) in [7, 11) is 3.27. The lowest BCUT2D eigenvalue weighted by atomic mass is 10.1. The Morgan fingerprint density at radius 2 is 1.60 bits per heavy atom. The first-order valence-corrected chi connectivity index (χ1v) is 11.6. The predicted molar refractivity (Wildman–Crippen MR) is 117 cm³/mol. The van der Waals surface area contributed by atoms with Gasteiger partial charge >= 0.3 is 11.9 Å². The van der Waals surface area contributed by atoms with Crippen molar-refractivity contribution in [2.45, 2.75) is 64.3 Å². The van der Waals surface area contributed by atoms with Crippen LogP contribution in [0.1, 0.15) is 58.3 Å². The summed E-state index contributed by atoms with van der Waals surface area (Å²) in [6, 6.07) is -0.784. The first-order chi connectivity index (χ1) is 14.5. The van der Waals surface area contributed by atoms with Crippen LogP contribution in [-0.4, -0.2) is 102 Å². The highest BCUT2D eigenvalue weighted by molar-refractivity contribution is 6.23. The quantitative estimate of drug-likeness (QED) is 0.380. The highest BCUT2D eigenvalue weighted by Gasteiger charge is 2.52. The molecule has 2 fully saturated rings. The maximum Gasteiger partial charge on any atom is 0.333 e. The number of amidine groups is 2. The van der Waals surface area contributed by atoms with Gasteiger partial charge in [-0.3, -0.25) is 19.5 Å². The summed E-state index contributed by atoms with van der Waals surface area (Å²) in [5.74, 6) is 1.31. The van der Waals surface area contributed by atoms with Crippen molar-refractivity contribution in [3.05, 3.63) is 0 Å². The van der Waals surface area contributed by atoms with E-state index in [0.717, 1.165) is 51.5 Å². The molecule has 3 heterocycles. The fourth-order valence-electron chi connectivity index (χ4n) is 4.41. The molecule has 168 valence electrons. The molecule has 0 aromatic heterocycles. The second-order valence-electron chi connectivity index (χ2n) is 8.58. The summed E-state index contributed by atoms with van der Waals surface area (Å²) in [6.45, 7) is 6.93. The number of rotatable bonds is 11. The van der Waals surface area contributed by atoms with E-state index in [0.29, 0.717) is 12.4 Å². The summed E-state index contributed by atoms with van der Waals surface area (Å²) in [4.78, 5) is 35.2. The zero-order valence-electron chi connectivity index (χ0n) is 18.9. The van der Waals surface area contributed by atoms with Gasteiger partial charge in [-0.2, -0.15) is 0 Å². The van der Waals surface area contributed by atoms with Gasteiger partial charge in [-0.1, -0.05) is 45.4 Å². The number of ether oxygens (including phenoxy) is 1. The summed E-state index contributed by atoms with van der Waals surface area (Å²) in [5, 5.41) is 0. The number of amides is 3. The Hall–Kier alpha value is -1.80. The van der Waals surface area contributed by atoms with Crippen LogP contribution in [0.5, 0.6) is 0 Å². The second-order valence-corrected chi connectivity index (χ2v) is 8.58. The molecule has 0 aromatic rings. The molecule has 30 heavy (non-hydrogen) atoms. The monoisotopic (exact) mass is 420 g/mol. The van der Waals surface area contributed by atoms with E-state index < -0.39 is 6.04 Å². The summed E-state index contributed by atoms with van der Waals surface area (Å²) in [5.41, 5.74) is 0. The lowest BCUT2D eigenvalue weighted by molar-refractivity contribution is -0.537. The Morgan fingerprint density at radius 3 is 2.27 bits per heavy atom. The van der Waals surface area contributed by atoms with Crippen molar-refractivity contribution in [1.29, 1.82) is 0 Å². The number of nitrogens with zero attached hydrogens (tertiary/aromatic N) is 5. The van der Waals surface area contributed by atoms with Crippen molar-refractivity contribution in [1.82, 2.24) is 14.7 Å². The summed E-state index contributed by atoms with van der Waals surface area (Å²) < 4.78 is 7.60. The van der Waals surface area contributed by atoms with Crippen molar-refractivity contribution in [2.24, 2.45) is 4.99 Å². The standard InChI is InChI=1S/C22H38N5O3/c1-4-5-6-7-8-9-10-11-12-27-18(17-26-13-15-30-16-14-26)23-20-19(27)21(28)25(3)22(29)24(20)2/h19H,4-17H2,1-3H3/q+1. The van der Waals surface area contributed by atoms with Crippen LogP contribution in [0, 0.1) is 0 Å². The van der Waals surface area contributed by atoms with Crippen LogP contribution in [0.4, 0.5) is 4.79 Å². The molecule has 1 atom stereocenters. The van der Waals surface area contributed by atoms with Gasteiger partial charge in [0.15, 0.2) is 0 Å². The van der Waals surface area contributed by atoms with E-state index in [1.54, 1.807) is 14.1 Å². The fourth-order valence-corrected chi connectivity index (χ4v) is 4.41. The van der Waals surface area contributed by atoms with Crippen LogP contribution >= 0.6 is 0 Å². The van der Waals surface area contributed by atoms with Gasteiger partial charge in [0.05, 0.1) is 19.8 Å². The highest BCUT2D eigenvalue weighted by Crippen LogP contribution is 2.20. The first kappa shape index (κ1) is 22.9. The molecule has 1 unspecified atom stereocenters. The zero-order valence-corrected chi connectivity index (χ0v) is 18.9. The molecule has 0 radical (unpaired) electrons. The third-order valence-corrected chi connectivity index (χ3v) is 6.33. The molecular formula is C22H38N5O3+. The number of morpholine rings is 1. The number of hydrogen-bond acceptors (Lipinski definition) is 5. The molecule has 0 aromatic carbocycles. The Bertz CT molecular complexity index is 684. The number of imide groups is 1. The number of hydrogen-bond donors (Lipinski definition) is 0. The molecule has 3 rings (SSSR count). The molecular weight excluding hydrogens is 382 g/mol. The molecule has 0 saturated carbocycles. The minimum atomic E-state index is -0.474. The lowest BCUT2D eigenvalue weighted by Gasteiger charge is -2.30. The van der Waals surface area contributed by atoms with Crippen molar-refractivity contribution in [2.75, 3.05) is 53.5 Å². The maximum absolute atomic E-state index is 13.0. The molecule has 8 heteroatoms. The molecule has 8 nitrogen and oxygen atoms in total. The number of urea groups is 1. The second kappa shape index (κ2) is 11.0. The largest absolute Gasteiger partial charge is 0.379 e. The number of unbranched alkanes of at least 4 members (excludes halogenated alkanes) is 7. The first-order valence-electron chi connectivity index (χ1n) is 11.6. The molecule has 0 N–H and O–H groups in total. The normalized spacial score (nSPS) is 22.8. The van der Waals surface area contributed by atoms with Gasteiger partial charge in [0.2, 0.25) is 0 Å². The topological polar surface area (TPSA) is 68.5 Å². The molecule has 3 aliphatic rings. The third kappa shape index (κ3) is 5.27. The lowest BCUT2D eigenvalue weighted by Crippen LogP contribution is -2.61. The molecule has 0 bridgehead atoms. The summed E-state index contributed by atoms with van der Waals surface area (Å²) >= 11 is 0. The van der Waals surface area contributed by atoms with Gasteiger partial charge in [0.25, 0.3) is 17.8 Å². The molecule has 3 aliphatic heterocycles. The Balaban J connectivity index is 1.64. The minimum Gasteiger partial charge on any atom is -0.379 e. The van der Waals surface area contributed by atoms with E-state index in [4.69, 9.17) is 9.73 Å². The van der Waals surface area contributed by atoms with Crippen LogP contribution in [0.25, 0.3) is 0 Å². The smallest absolute Gasteiger partial charge is 0.333 e. The van der Waals surface area contributed by atoms with E-state index in [9.17, 15) is 9.59 Å². The van der Waals surface area contributed by atoms with E-state index >= 15 is 0 Å². The van der Waals surface area contributed by atoms with Gasteiger partial charge in [-0.25, -0.2) is 9.37 Å². The number of fused-ring (bicyclic) bond motifs is 1. The number of aliphatic imine (C=N–C) groups is 1. The van der Waals surface area contributed by atoms with Crippen LogP contribution in [0.15, 0.2) is 4.99 Å². The van der Waals surface area contributed by atoms with Gasteiger partial charge in [-0.15, -0.1) is 0 Å². The number of likely N-dealkylation sites (N-methyl/N-ethyl adjacent to an activating group) is 2. The summed E-state index contributed by atoms with van der Waals surface area (Å²) in [6.07, 6.45) is 9.98. The van der Waals surface area contributed by atoms with Gasteiger partial charge < -0.3 is 4.74 Å². The molecule has 3 amide bonds. The SMILES string of the molecule is CCCCCCCCCC[N+]1=C(CN2CCOCC2)N=C2C1C(=O)N(C)C(=O)N2C. The molecule has 2 saturated heterocycles. The minimum absolute atomic E-state index is 0.173. The van der Waals surface area contributed by atoms with Crippen molar-refractivity contribution in [3.8, 4) is 0 Å². The van der Waals surface area contributed by atoms with Gasteiger partial charge in [0.1, 0.15) is 6.54 Å². The van der Waals surface area contributed by atoms with E-state index in [-0.39, 0.29) is 11.9 Å².